The zero-order valence-electron chi connectivity index (χ0n) is 12.9. The Kier molecular flexibility index (Phi) is 4.90. The molecule has 5 nitrogen and oxygen atoms in total. The molecule has 1 saturated heterocycles. The molecule has 1 aromatic carbocycles. The number of nitrogens with zero attached hydrogens (tertiary/aromatic N) is 3. The number of rotatable bonds is 5. The van der Waals surface area contributed by atoms with Crippen molar-refractivity contribution in [1.29, 1.82) is 0 Å². The van der Waals surface area contributed by atoms with Gasteiger partial charge in [-0.05, 0) is 43.2 Å². The molecule has 0 spiro atoms. The molecule has 1 aliphatic heterocycles. The Bertz CT molecular complexity index is 628. The topological polar surface area (TPSA) is 47.4 Å². The Morgan fingerprint density at radius 3 is 2.91 bits per heavy atom. The molecule has 1 atom stereocenters. The second-order valence-electron chi connectivity index (χ2n) is 5.82. The maximum atomic E-state index is 12.9. The zero-order chi connectivity index (χ0) is 16.1. The van der Waals surface area contributed by atoms with Crippen LogP contribution in [0.15, 0.2) is 42.7 Å². The molecule has 6 heteroatoms. The standard InChI is InChI=1S/C17H20FN3O2/c18-15-4-6-16(7-5-15)23-13-14-3-1-9-20(11-14)17(22)12-21-10-2-8-19-21/h2,4-8,10,14H,1,3,9,11-13H2. The van der Waals surface area contributed by atoms with Gasteiger partial charge in [-0.1, -0.05) is 0 Å². The van der Waals surface area contributed by atoms with Crippen LogP contribution in [0.25, 0.3) is 0 Å². The number of halogens is 1. The summed E-state index contributed by atoms with van der Waals surface area (Å²) in [6, 6.07) is 7.83. The highest BCUT2D eigenvalue weighted by atomic mass is 19.1. The summed E-state index contributed by atoms with van der Waals surface area (Å²) in [4.78, 5) is 14.2. The third-order valence-corrected chi connectivity index (χ3v) is 4.03. The van der Waals surface area contributed by atoms with Gasteiger partial charge in [-0.25, -0.2) is 4.39 Å². The molecule has 3 rings (SSSR count). The number of benzene rings is 1. The minimum absolute atomic E-state index is 0.0835. The summed E-state index contributed by atoms with van der Waals surface area (Å²) in [7, 11) is 0. The van der Waals surface area contributed by atoms with Crippen molar-refractivity contribution in [2.24, 2.45) is 5.92 Å². The van der Waals surface area contributed by atoms with E-state index < -0.39 is 0 Å². The van der Waals surface area contributed by atoms with E-state index in [0.29, 0.717) is 24.8 Å². The quantitative estimate of drug-likeness (QED) is 0.850. The van der Waals surface area contributed by atoms with E-state index in [1.807, 2.05) is 11.0 Å². The number of carbonyl (C=O) groups is 1. The number of hydrogen-bond acceptors (Lipinski definition) is 3. The van der Waals surface area contributed by atoms with Crippen LogP contribution in [0.5, 0.6) is 5.75 Å². The normalized spacial score (nSPS) is 18.0. The number of carbonyl (C=O) groups excluding carboxylic acids is 1. The Balaban J connectivity index is 1.49. The third kappa shape index (κ3) is 4.31. The summed E-state index contributed by atoms with van der Waals surface area (Å²) in [5.41, 5.74) is 0. The average molecular weight is 317 g/mol. The van der Waals surface area contributed by atoms with Crippen molar-refractivity contribution in [3.8, 4) is 5.75 Å². The van der Waals surface area contributed by atoms with E-state index in [2.05, 4.69) is 5.10 Å². The SMILES string of the molecule is O=C(Cn1cccn1)N1CCCC(COc2ccc(F)cc2)C1. The Morgan fingerprint density at radius 2 is 2.17 bits per heavy atom. The molecule has 1 aromatic heterocycles. The van der Waals surface area contributed by atoms with Crippen molar-refractivity contribution >= 4 is 5.91 Å². The number of likely N-dealkylation sites (tertiary alicyclic amines) is 1. The fourth-order valence-electron chi connectivity index (χ4n) is 2.81. The van der Waals surface area contributed by atoms with Crippen LogP contribution >= 0.6 is 0 Å². The molecule has 1 unspecified atom stereocenters. The van der Waals surface area contributed by atoms with Gasteiger partial charge in [0.25, 0.3) is 0 Å². The van der Waals surface area contributed by atoms with Crippen LogP contribution in [0.3, 0.4) is 0 Å². The molecule has 0 N–H and O–H groups in total. The van der Waals surface area contributed by atoms with Crippen LogP contribution < -0.4 is 4.74 Å². The lowest BCUT2D eigenvalue weighted by Crippen LogP contribution is -2.43. The second-order valence-corrected chi connectivity index (χ2v) is 5.82. The van der Waals surface area contributed by atoms with Crippen LogP contribution in [0, 0.1) is 11.7 Å². The predicted molar refractivity (Wildman–Crippen MR) is 83.4 cm³/mol. The third-order valence-electron chi connectivity index (χ3n) is 4.03. The van der Waals surface area contributed by atoms with Gasteiger partial charge in [0.2, 0.25) is 5.91 Å². The summed E-state index contributed by atoms with van der Waals surface area (Å²) in [6.07, 6.45) is 5.47. The molecular formula is C17H20FN3O2. The summed E-state index contributed by atoms with van der Waals surface area (Å²) >= 11 is 0. The molecule has 2 heterocycles. The van der Waals surface area contributed by atoms with Gasteiger partial charge in [-0.3, -0.25) is 9.48 Å². The molecule has 2 aromatic rings. The van der Waals surface area contributed by atoms with Crippen molar-refractivity contribution in [1.82, 2.24) is 14.7 Å². The van der Waals surface area contributed by atoms with Crippen molar-refractivity contribution < 1.29 is 13.9 Å². The van der Waals surface area contributed by atoms with Crippen molar-refractivity contribution in [2.45, 2.75) is 19.4 Å². The molecule has 23 heavy (non-hydrogen) atoms. The summed E-state index contributed by atoms with van der Waals surface area (Å²) in [5, 5.41) is 4.07. The predicted octanol–water partition coefficient (Wildman–Crippen LogP) is 2.34. The first kappa shape index (κ1) is 15.5. The fourth-order valence-corrected chi connectivity index (χ4v) is 2.81. The number of aromatic nitrogens is 2. The van der Waals surface area contributed by atoms with E-state index in [-0.39, 0.29) is 18.3 Å². The van der Waals surface area contributed by atoms with E-state index in [0.717, 1.165) is 19.4 Å². The van der Waals surface area contributed by atoms with Crippen LogP contribution in [0.2, 0.25) is 0 Å². The Hall–Kier alpha value is -2.37. The first-order chi connectivity index (χ1) is 11.2. The molecule has 0 aliphatic carbocycles. The lowest BCUT2D eigenvalue weighted by Gasteiger charge is -2.32. The smallest absolute Gasteiger partial charge is 0.244 e. The van der Waals surface area contributed by atoms with Gasteiger partial charge in [0.05, 0.1) is 6.61 Å². The highest BCUT2D eigenvalue weighted by Gasteiger charge is 2.24. The number of hydrogen-bond donors (Lipinski definition) is 0. The second kappa shape index (κ2) is 7.26. The largest absolute Gasteiger partial charge is 0.493 e. The Morgan fingerprint density at radius 1 is 1.35 bits per heavy atom. The van der Waals surface area contributed by atoms with E-state index >= 15 is 0 Å². The zero-order valence-corrected chi connectivity index (χ0v) is 12.9. The average Bonchev–Trinajstić information content (AvgIpc) is 3.07. The molecule has 1 aliphatic rings. The van der Waals surface area contributed by atoms with Crippen LogP contribution in [-0.2, 0) is 11.3 Å². The van der Waals surface area contributed by atoms with Crippen molar-refractivity contribution in [3.05, 3.63) is 48.5 Å². The number of amides is 1. The summed E-state index contributed by atoms with van der Waals surface area (Å²) in [6.45, 7) is 2.30. The molecule has 122 valence electrons. The molecule has 1 amide bonds. The van der Waals surface area contributed by atoms with E-state index in [1.54, 1.807) is 29.2 Å². The maximum Gasteiger partial charge on any atom is 0.244 e. The lowest BCUT2D eigenvalue weighted by atomic mass is 9.99. The molecular weight excluding hydrogens is 297 g/mol. The minimum Gasteiger partial charge on any atom is -0.493 e. The van der Waals surface area contributed by atoms with Crippen molar-refractivity contribution in [2.75, 3.05) is 19.7 Å². The van der Waals surface area contributed by atoms with E-state index in [1.165, 1.54) is 12.1 Å². The van der Waals surface area contributed by atoms with Crippen molar-refractivity contribution in [3.63, 3.8) is 0 Å². The van der Waals surface area contributed by atoms with Gasteiger partial charge in [0, 0.05) is 31.4 Å². The minimum atomic E-state index is -0.273. The molecule has 0 bridgehead atoms. The summed E-state index contributed by atoms with van der Waals surface area (Å²) < 4.78 is 20.2. The highest BCUT2D eigenvalue weighted by Crippen LogP contribution is 2.19. The lowest BCUT2D eigenvalue weighted by molar-refractivity contribution is -0.134. The monoisotopic (exact) mass is 317 g/mol. The van der Waals surface area contributed by atoms with E-state index in [9.17, 15) is 9.18 Å². The Labute approximate surface area is 134 Å². The summed E-state index contributed by atoms with van der Waals surface area (Å²) in [5.74, 6) is 0.771. The first-order valence-corrected chi connectivity index (χ1v) is 7.84. The van der Waals surface area contributed by atoms with Gasteiger partial charge < -0.3 is 9.64 Å². The fraction of sp³-hybridized carbons (Fsp3) is 0.412. The highest BCUT2D eigenvalue weighted by molar-refractivity contribution is 5.76. The molecule has 0 saturated carbocycles. The van der Waals surface area contributed by atoms with Crippen LogP contribution in [0.4, 0.5) is 4.39 Å². The van der Waals surface area contributed by atoms with Crippen LogP contribution in [0.1, 0.15) is 12.8 Å². The molecule has 1 fully saturated rings. The van der Waals surface area contributed by atoms with E-state index in [4.69, 9.17) is 4.74 Å². The number of piperidine rings is 1. The molecule has 0 radical (unpaired) electrons. The van der Waals surface area contributed by atoms with Crippen LogP contribution in [-0.4, -0.2) is 40.3 Å². The maximum absolute atomic E-state index is 12.9. The van der Waals surface area contributed by atoms with Gasteiger partial charge >= 0.3 is 0 Å². The first-order valence-electron chi connectivity index (χ1n) is 7.84. The number of ether oxygens (including phenoxy) is 1. The van der Waals surface area contributed by atoms with Gasteiger partial charge in [0.15, 0.2) is 0 Å². The van der Waals surface area contributed by atoms with Gasteiger partial charge in [-0.15, -0.1) is 0 Å². The van der Waals surface area contributed by atoms with Gasteiger partial charge in [0.1, 0.15) is 18.1 Å². The van der Waals surface area contributed by atoms with Gasteiger partial charge in [-0.2, -0.15) is 5.10 Å².